The number of nitrogens with two attached hydrogens (primary N) is 1. The molecule has 1 aromatic heterocycles. The van der Waals surface area contributed by atoms with Gasteiger partial charge in [0.05, 0.1) is 10.4 Å². The Kier molecular flexibility index (Phi) is 4.86. The van der Waals surface area contributed by atoms with E-state index in [4.69, 9.17) is 5.73 Å². The van der Waals surface area contributed by atoms with E-state index in [1.165, 1.54) is 23.3 Å². The van der Waals surface area contributed by atoms with Gasteiger partial charge in [0, 0.05) is 11.4 Å². The number of carbonyl (C=O) groups is 1. The molecule has 0 radical (unpaired) electrons. The van der Waals surface area contributed by atoms with Crippen molar-refractivity contribution >= 4 is 17.2 Å². The zero-order valence-electron chi connectivity index (χ0n) is 12.8. The first-order chi connectivity index (χ1) is 9.54. The van der Waals surface area contributed by atoms with Crippen LogP contribution in [0.5, 0.6) is 0 Å². The number of aryl methyl sites for hydroxylation is 2. The van der Waals surface area contributed by atoms with Gasteiger partial charge in [0.25, 0.3) is 5.91 Å². The Morgan fingerprint density at radius 3 is 2.70 bits per heavy atom. The minimum atomic E-state index is -0.238. The molecule has 1 fully saturated rings. The molecule has 1 atom stereocenters. The van der Waals surface area contributed by atoms with Crippen molar-refractivity contribution in [1.82, 2.24) is 5.32 Å². The van der Waals surface area contributed by atoms with Gasteiger partial charge in [0.1, 0.15) is 0 Å². The second-order valence-electron chi connectivity index (χ2n) is 6.01. The van der Waals surface area contributed by atoms with Crippen LogP contribution >= 0.6 is 11.3 Å². The molecule has 1 saturated carbocycles. The Morgan fingerprint density at radius 1 is 1.50 bits per heavy atom. The molecule has 0 aliphatic heterocycles. The lowest BCUT2D eigenvalue weighted by Crippen LogP contribution is -2.53. The second-order valence-corrected chi connectivity index (χ2v) is 7.15. The number of hydrogen-bond donors (Lipinski definition) is 2. The van der Waals surface area contributed by atoms with Gasteiger partial charge in [-0.05, 0) is 50.2 Å². The first kappa shape index (κ1) is 15.5. The molecular formula is C16H26N2OS. The number of hydrogen-bond acceptors (Lipinski definition) is 3. The average molecular weight is 294 g/mol. The van der Waals surface area contributed by atoms with E-state index in [2.05, 4.69) is 32.2 Å². The number of thiophene rings is 1. The Hall–Kier alpha value is -0.870. The SMILES string of the molecule is CCCc1sc(C(=O)NC(C)(CN)C2CC2)cc1CC. The third kappa shape index (κ3) is 3.23. The highest BCUT2D eigenvalue weighted by Gasteiger charge is 2.41. The monoisotopic (exact) mass is 294 g/mol. The van der Waals surface area contributed by atoms with Crippen LogP contribution in [0.25, 0.3) is 0 Å². The van der Waals surface area contributed by atoms with Crippen LogP contribution in [0, 0.1) is 5.92 Å². The lowest BCUT2D eigenvalue weighted by Gasteiger charge is -2.29. The fraction of sp³-hybridized carbons (Fsp3) is 0.688. The Bertz CT molecular complexity index is 479. The van der Waals surface area contributed by atoms with Crippen molar-refractivity contribution in [2.75, 3.05) is 6.54 Å². The molecule has 0 bridgehead atoms. The summed E-state index contributed by atoms with van der Waals surface area (Å²) in [7, 11) is 0. The fourth-order valence-electron chi connectivity index (χ4n) is 2.68. The lowest BCUT2D eigenvalue weighted by atomic mass is 9.96. The van der Waals surface area contributed by atoms with E-state index in [-0.39, 0.29) is 11.4 Å². The largest absolute Gasteiger partial charge is 0.345 e. The van der Waals surface area contributed by atoms with Crippen molar-refractivity contribution in [1.29, 1.82) is 0 Å². The standard InChI is InChI=1S/C16H26N2OS/c1-4-6-13-11(5-2)9-14(20-13)15(19)18-16(3,10-17)12-7-8-12/h9,12H,4-8,10,17H2,1-3H3,(H,18,19). The molecule has 1 aliphatic rings. The number of amides is 1. The third-order valence-electron chi connectivity index (χ3n) is 4.28. The highest BCUT2D eigenvalue weighted by Crippen LogP contribution is 2.39. The molecule has 3 N–H and O–H groups in total. The van der Waals surface area contributed by atoms with Gasteiger partial charge in [-0.3, -0.25) is 4.79 Å². The van der Waals surface area contributed by atoms with Crippen molar-refractivity contribution in [2.45, 2.75) is 58.4 Å². The van der Waals surface area contributed by atoms with E-state index >= 15 is 0 Å². The van der Waals surface area contributed by atoms with Gasteiger partial charge >= 0.3 is 0 Å². The van der Waals surface area contributed by atoms with E-state index in [9.17, 15) is 4.79 Å². The molecule has 0 aromatic carbocycles. The number of nitrogens with one attached hydrogen (secondary N) is 1. The summed E-state index contributed by atoms with van der Waals surface area (Å²) in [5, 5.41) is 3.17. The predicted molar refractivity (Wildman–Crippen MR) is 85.3 cm³/mol. The number of rotatable bonds is 7. The topological polar surface area (TPSA) is 55.1 Å². The minimum absolute atomic E-state index is 0.0481. The highest BCUT2D eigenvalue weighted by atomic mass is 32.1. The van der Waals surface area contributed by atoms with Crippen LogP contribution < -0.4 is 11.1 Å². The Morgan fingerprint density at radius 2 is 2.20 bits per heavy atom. The lowest BCUT2D eigenvalue weighted by molar-refractivity contribution is 0.0902. The highest BCUT2D eigenvalue weighted by molar-refractivity contribution is 7.14. The summed E-state index contributed by atoms with van der Waals surface area (Å²) in [4.78, 5) is 14.7. The molecular weight excluding hydrogens is 268 g/mol. The summed E-state index contributed by atoms with van der Waals surface area (Å²) >= 11 is 1.65. The van der Waals surface area contributed by atoms with Gasteiger partial charge in [-0.15, -0.1) is 11.3 Å². The smallest absolute Gasteiger partial charge is 0.261 e. The van der Waals surface area contributed by atoms with Gasteiger partial charge in [0.15, 0.2) is 0 Å². The molecule has 3 nitrogen and oxygen atoms in total. The Labute approximate surface area is 125 Å². The molecule has 2 rings (SSSR count). The molecule has 0 spiro atoms. The Balaban J connectivity index is 2.12. The van der Waals surface area contributed by atoms with Crippen LogP contribution in [0.1, 0.15) is 60.1 Å². The summed E-state index contributed by atoms with van der Waals surface area (Å²) < 4.78 is 0. The van der Waals surface area contributed by atoms with Crippen LogP contribution in [-0.2, 0) is 12.8 Å². The maximum absolute atomic E-state index is 12.5. The maximum Gasteiger partial charge on any atom is 0.261 e. The molecule has 1 aliphatic carbocycles. The molecule has 0 saturated heterocycles. The molecule has 20 heavy (non-hydrogen) atoms. The fourth-order valence-corrected chi connectivity index (χ4v) is 3.93. The summed E-state index contributed by atoms with van der Waals surface area (Å²) in [5.41, 5.74) is 6.96. The van der Waals surface area contributed by atoms with Gasteiger partial charge < -0.3 is 11.1 Å². The van der Waals surface area contributed by atoms with Gasteiger partial charge in [0.2, 0.25) is 0 Å². The van der Waals surface area contributed by atoms with Crippen LogP contribution in [0.2, 0.25) is 0 Å². The van der Waals surface area contributed by atoms with Crippen molar-refractivity contribution < 1.29 is 4.79 Å². The van der Waals surface area contributed by atoms with Gasteiger partial charge in [-0.25, -0.2) is 0 Å². The molecule has 4 heteroatoms. The van der Waals surface area contributed by atoms with E-state index in [0.29, 0.717) is 12.5 Å². The normalized spacial score (nSPS) is 17.8. The quantitative estimate of drug-likeness (QED) is 0.812. The van der Waals surface area contributed by atoms with Crippen LogP contribution in [0.3, 0.4) is 0 Å². The number of carbonyl (C=O) groups excluding carboxylic acids is 1. The molecule has 112 valence electrons. The molecule has 1 unspecified atom stereocenters. The zero-order chi connectivity index (χ0) is 14.8. The summed E-state index contributed by atoms with van der Waals surface area (Å²) in [6.45, 7) is 6.91. The van der Waals surface area contributed by atoms with Crippen molar-refractivity contribution in [3.8, 4) is 0 Å². The van der Waals surface area contributed by atoms with Crippen LogP contribution in [0.15, 0.2) is 6.07 Å². The minimum Gasteiger partial charge on any atom is -0.345 e. The summed E-state index contributed by atoms with van der Waals surface area (Å²) in [6, 6.07) is 2.06. The van der Waals surface area contributed by atoms with Gasteiger partial charge in [-0.1, -0.05) is 20.3 Å². The maximum atomic E-state index is 12.5. The van der Waals surface area contributed by atoms with E-state index in [1.54, 1.807) is 11.3 Å². The van der Waals surface area contributed by atoms with E-state index < -0.39 is 0 Å². The van der Waals surface area contributed by atoms with Crippen LogP contribution in [0.4, 0.5) is 0 Å². The summed E-state index contributed by atoms with van der Waals surface area (Å²) in [5.74, 6) is 0.601. The molecule has 1 amide bonds. The van der Waals surface area contributed by atoms with E-state index in [1.807, 2.05) is 0 Å². The molecule has 1 aromatic rings. The van der Waals surface area contributed by atoms with Crippen LogP contribution in [-0.4, -0.2) is 18.0 Å². The van der Waals surface area contributed by atoms with Crippen molar-refractivity contribution in [3.63, 3.8) is 0 Å². The average Bonchev–Trinajstić information content (AvgIpc) is 3.21. The van der Waals surface area contributed by atoms with Crippen molar-refractivity contribution in [3.05, 3.63) is 21.4 Å². The first-order valence-electron chi connectivity index (χ1n) is 7.68. The van der Waals surface area contributed by atoms with Crippen molar-refractivity contribution in [2.24, 2.45) is 11.7 Å². The molecule has 1 heterocycles. The predicted octanol–water partition coefficient (Wildman–Crippen LogP) is 3.12. The van der Waals surface area contributed by atoms with Gasteiger partial charge in [-0.2, -0.15) is 0 Å². The summed E-state index contributed by atoms with van der Waals surface area (Å²) in [6.07, 6.45) is 5.55. The van der Waals surface area contributed by atoms with E-state index in [0.717, 1.165) is 24.1 Å². The zero-order valence-corrected chi connectivity index (χ0v) is 13.6. The first-order valence-corrected chi connectivity index (χ1v) is 8.49. The third-order valence-corrected chi connectivity index (χ3v) is 5.52. The second kappa shape index (κ2) is 6.27.